The molecule has 0 aliphatic rings. The van der Waals surface area contributed by atoms with Crippen LogP contribution < -0.4 is 4.74 Å². The molecule has 0 N–H and O–H groups in total. The van der Waals surface area contributed by atoms with E-state index in [1.807, 2.05) is 0 Å². The van der Waals surface area contributed by atoms with Crippen LogP contribution in [0.15, 0.2) is 42.6 Å². The number of hydrogen-bond acceptors (Lipinski definition) is 3. The average Bonchev–Trinajstić information content (AvgIpc) is 3.08. The first-order valence-electron chi connectivity index (χ1n) is 11.5. The van der Waals surface area contributed by atoms with E-state index in [9.17, 15) is 0 Å². The maximum atomic E-state index is 6.42. The van der Waals surface area contributed by atoms with Crippen LogP contribution in [0.3, 0.4) is 0 Å². The molecular weight excluding hydrogens is 370 g/mol. The zero-order chi connectivity index (χ0) is 21.5. The number of hydrogen-bond donors (Lipinski definition) is 0. The molecule has 0 amide bonds. The molecule has 0 aliphatic carbocycles. The van der Waals surface area contributed by atoms with Gasteiger partial charge in [0.15, 0.2) is 6.23 Å². The van der Waals surface area contributed by atoms with Gasteiger partial charge in [-0.25, -0.2) is 4.98 Å². The Bertz CT molecular complexity index is 921. The summed E-state index contributed by atoms with van der Waals surface area (Å²) in [6.45, 7) is 13.2. The molecule has 4 nitrogen and oxygen atoms in total. The van der Waals surface area contributed by atoms with E-state index in [1.165, 1.54) is 31.2 Å². The van der Waals surface area contributed by atoms with Crippen LogP contribution in [-0.2, 0) is 0 Å². The van der Waals surface area contributed by atoms with E-state index < -0.39 is 0 Å². The van der Waals surface area contributed by atoms with Crippen molar-refractivity contribution in [2.24, 2.45) is 0 Å². The minimum atomic E-state index is 0.133. The van der Waals surface area contributed by atoms with Crippen molar-refractivity contribution in [1.82, 2.24) is 14.3 Å². The lowest BCUT2D eigenvalue weighted by Gasteiger charge is -2.31. The number of fused-ring (bicyclic) bond motifs is 1. The van der Waals surface area contributed by atoms with Gasteiger partial charge in [-0.2, -0.15) is 0 Å². The van der Waals surface area contributed by atoms with Gasteiger partial charge in [0.1, 0.15) is 11.4 Å². The first-order chi connectivity index (χ1) is 14.6. The Kier molecular flexibility index (Phi) is 7.92. The Morgan fingerprint density at radius 2 is 1.63 bits per heavy atom. The molecule has 2 aromatic heterocycles. The SMILES string of the molecule is CCCCN(CCCC)C(CC)Oc1ccc(-c2nc3cc(C)ccn3c2C)cc1. The third-order valence-corrected chi connectivity index (χ3v) is 5.77. The first kappa shape index (κ1) is 22.4. The van der Waals surface area contributed by atoms with E-state index in [1.54, 1.807) is 0 Å². The average molecular weight is 408 g/mol. The number of pyridine rings is 1. The minimum absolute atomic E-state index is 0.133. The van der Waals surface area contributed by atoms with Crippen molar-refractivity contribution in [3.05, 3.63) is 53.9 Å². The van der Waals surface area contributed by atoms with Crippen molar-refractivity contribution in [3.8, 4) is 17.0 Å². The molecule has 0 saturated heterocycles. The highest BCUT2D eigenvalue weighted by atomic mass is 16.5. The van der Waals surface area contributed by atoms with E-state index >= 15 is 0 Å². The highest BCUT2D eigenvalue weighted by Crippen LogP contribution is 2.27. The summed E-state index contributed by atoms with van der Waals surface area (Å²) in [7, 11) is 0. The third-order valence-electron chi connectivity index (χ3n) is 5.77. The van der Waals surface area contributed by atoms with Gasteiger partial charge >= 0.3 is 0 Å². The number of aryl methyl sites for hydroxylation is 2. The molecule has 3 rings (SSSR count). The van der Waals surface area contributed by atoms with Crippen molar-refractivity contribution >= 4 is 5.65 Å². The van der Waals surface area contributed by atoms with Gasteiger partial charge in [-0.05, 0) is 75.1 Å². The fraction of sp³-hybridized carbons (Fsp3) is 0.500. The molecule has 0 radical (unpaired) electrons. The van der Waals surface area contributed by atoms with Crippen molar-refractivity contribution in [1.29, 1.82) is 0 Å². The van der Waals surface area contributed by atoms with Crippen LogP contribution in [-0.4, -0.2) is 33.6 Å². The maximum Gasteiger partial charge on any atom is 0.152 e. The quantitative estimate of drug-likeness (QED) is 0.334. The lowest BCUT2D eigenvalue weighted by molar-refractivity contribution is 0.0202. The van der Waals surface area contributed by atoms with Gasteiger partial charge in [0.05, 0.1) is 5.69 Å². The molecule has 1 atom stereocenters. The fourth-order valence-electron chi connectivity index (χ4n) is 3.93. The Labute approximate surface area is 181 Å². The first-order valence-corrected chi connectivity index (χ1v) is 11.5. The highest BCUT2D eigenvalue weighted by molar-refractivity contribution is 5.67. The Hall–Kier alpha value is -2.33. The number of benzene rings is 1. The molecule has 30 heavy (non-hydrogen) atoms. The number of ether oxygens (including phenoxy) is 1. The van der Waals surface area contributed by atoms with Crippen LogP contribution in [0, 0.1) is 13.8 Å². The lowest BCUT2D eigenvalue weighted by Crippen LogP contribution is -2.40. The summed E-state index contributed by atoms with van der Waals surface area (Å²) in [5.41, 5.74) is 5.55. The summed E-state index contributed by atoms with van der Waals surface area (Å²) in [4.78, 5) is 7.37. The number of nitrogens with zero attached hydrogens (tertiary/aromatic N) is 3. The third kappa shape index (κ3) is 5.23. The number of aromatic nitrogens is 2. The summed E-state index contributed by atoms with van der Waals surface area (Å²) < 4.78 is 8.57. The van der Waals surface area contributed by atoms with Crippen LogP contribution in [0.2, 0.25) is 0 Å². The van der Waals surface area contributed by atoms with Crippen LogP contribution in [0.25, 0.3) is 16.9 Å². The second kappa shape index (κ2) is 10.6. The number of unbranched alkanes of at least 4 members (excludes halogenated alkanes) is 2. The second-order valence-corrected chi connectivity index (χ2v) is 8.23. The molecular formula is C26H37N3O. The van der Waals surface area contributed by atoms with Gasteiger partial charge in [-0.15, -0.1) is 0 Å². The predicted octanol–water partition coefficient (Wildman–Crippen LogP) is 6.64. The Balaban J connectivity index is 1.76. The van der Waals surface area contributed by atoms with E-state index in [0.29, 0.717) is 0 Å². The van der Waals surface area contributed by atoms with Crippen molar-refractivity contribution in [3.63, 3.8) is 0 Å². The Morgan fingerprint density at radius 3 is 2.23 bits per heavy atom. The zero-order valence-corrected chi connectivity index (χ0v) is 19.3. The zero-order valence-electron chi connectivity index (χ0n) is 19.3. The summed E-state index contributed by atoms with van der Waals surface area (Å²) in [6.07, 6.45) is 8.08. The molecule has 0 bridgehead atoms. The van der Waals surface area contributed by atoms with Gasteiger partial charge in [0.2, 0.25) is 0 Å². The monoisotopic (exact) mass is 407 g/mol. The minimum Gasteiger partial charge on any atom is -0.475 e. The normalized spacial score (nSPS) is 12.6. The van der Waals surface area contributed by atoms with Gasteiger partial charge in [0, 0.05) is 30.5 Å². The molecule has 0 fully saturated rings. The van der Waals surface area contributed by atoms with Gasteiger partial charge in [-0.1, -0.05) is 33.6 Å². The molecule has 0 saturated carbocycles. The molecule has 1 aromatic carbocycles. The number of rotatable bonds is 11. The predicted molar refractivity (Wildman–Crippen MR) is 126 cm³/mol. The summed E-state index contributed by atoms with van der Waals surface area (Å²) in [5, 5.41) is 0. The summed E-state index contributed by atoms with van der Waals surface area (Å²) in [6, 6.07) is 12.7. The fourth-order valence-corrected chi connectivity index (χ4v) is 3.93. The van der Waals surface area contributed by atoms with E-state index in [0.717, 1.165) is 47.9 Å². The van der Waals surface area contributed by atoms with Gasteiger partial charge < -0.3 is 9.14 Å². The Morgan fingerprint density at radius 1 is 0.967 bits per heavy atom. The van der Waals surface area contributed by atoms with Crippen molar-refractivity contribution in [2.45, 2.75) is 73.0 Å². The highest BCUT2D eigenvalue weighted by Gasteiger charge is 2.18. The second-order valence-electron chi connectivity index (χ2n) is 8.23. The molecule has 4 heteroatoms. The molecule has 0 spiro atoms. The smallest absolute Gasteiger partial charge is 0.152 e. The molecule has 1 unspecified atom stereocenters. The van der Waals surface area contributed by atoms with Crippen molar-refractivity contribution < 1.29 is 4.74 Å². The van der Waals surface area contributed by atoms with Gasteiger partial charge in [0.25, 0.3) is 0 Å². The lowest BCUT2D eigenvalue weighted by atomic mass is 10.1. The summed E-state index contributed by atoms with van der Waals surface area (Å²) in [5.74, 6) is 0.931. The topological polar surface area (TPSA) is 29.8 Å². The van der Waals surface area contributed by atoms with Gasteiger partial charge in [-0.3, -0.25) is 4.90 Å². The van der Waals surface area contributed by atoms with Crippen LogP contribution in [0.5, 0.6) is 5.75 Å². The summed E-state index contributed by atoms with van der Waals surface area (Å²) >= 11 is 0. The largest absolute Gasteiger partial charge is 0.475 e. The van der Waals surface area contributed by atoms with Crippen LogP contribution >= 0.6 is 0 Å². The molecule has 0 aliphatic heterocycles. The van der Waals surface area contributed by atoms with Crippen LogP contribution in [0.1, 0.15) is 64.1 Å². The standard InChI is InChI=1S/C26H37N3O/c1-6-9-16-28(17-10-7-2)25(8-3)30-23-13-11-22(12-14-23)26-21(5)29-18-15-20(4)19-24(29)27-26/h11-15,18-19,25H,6-10,16-17H2,1-5H3. The molecule has 2 heterocycles. The molecule has 3 aromatic rings. The van der Waals surface area contributed by atoms with E-state index in [-0.39, 0.29) is 6.23 Å². The van der Waals surface area contributed by atoms with E-state index in [2.05, 4.69) is 86.5 Å². The number of imidazole rings is 1. The maximum absolute atomic E-state index is 6.42. The molecule has 162 valence electrons. The van der Waals surface area contributed by atoms with Crippen LogP contribution in [0.4, 0.5) is 0 Å². The van der Waals surface area contributed by atoms with Crippen molar-refractivity contribution in [2.75, 3.05) is 13.1 Å². The van der Waals surface area contributed by atoms with E-state index in [4.69, 9.17) is 9.72 Å².